The number of aromatic nitrogens is 3. The lowest BCUT2D eigenvalue weighted by atomic mass is 10.2. The standard InChI is InChI=1S/C16H9ClN4OS/c17-10-2-1-3-13-14(10)20-16(23-13)21-15(22)9-4-5-11-12(8-9)19-7-6-18-11/h1-8H,(H,20,21,22). The van der Waals surface area contributed by atoms with Gasteiger partial charge in [-0.3, -0.25) is 20.1 Å². The summed E-state index contributed by atoms with van der Waals surface area (Å²) in [5.41, 5.74) is 2.62. The summed E-state index contributed by atoms with van der Waals surface area (Å²) in [6.45, 7) is 0. The summed E-state index contributed by atoms with van der Waals surface area (Å²) in [6.07, 6.45) is 3.21. The van der Waals surface area contributed by atoms with E-state index >= 15 is 0 Å². The minimum absolute atomic E-state index is 0.243. The van der Waals surface area contributed by atoms with Crippen LogP contribution in [0.15, 0.2) is 48.8 Å². The van der Waals surface area contributed by atoms with E-state index in [1.54, 1.807) is 36.7 Å². The van der Waals surface area contributed by atoms with Gasteiger partial charge in [0.15, 0.2) is 5.13 Å². The average Bonchev–Trinajstić information content (AvgIpc) is 2.98. The molecule has 0 bridgehead atoms. The zero-order valence-electron chi connectivity index (χ0n) is 11.7. The van der Waals surface area contributed by atoms with Crippen molar-refractivity contribution in [1.82, 2.24) is 15.0 Å². The molecule has 0 radical (unpaired) electrons. The summed E-state index contributed by atoms with van der Waals surface area (Å²) in [6, 6.07) is 10.7. The van der Waals surface area contributed by atoms with E-state index in [0.717, 1.165) is 10.2 Å². The Bertz CT molecular complexity index is 1050. The quantitative estimate of drug-likeness (QED) is 0.595. The highest BCUT2D eigenvalue weighted by atomic mass is 35.5. The molecule has 0 aliphatic heterocycles. The molecule has 0 aliphatic rings. The van der Waals surface area contributed by atoms with Crippen LogP contribution in [0.2, 0.25) is 5.02 Å². The van der Waals surface area contributed by atoms with Crippen LogP contribution in [-0.4, -0.2) is 20.9 Å². The fourth-order valence-corrected chi connectivity index (χ4v) is 3.40. The molecule has 4 aromatic rings. The fourth-order valence-electron chi connectivity index (χ4n) is 2.24. The van der Waals surface area contributed by atoms with Crippen LogP contribution in [0.1, 0.15) is 10.4 Å². The molecular weight excluding hydrogens is 332 g/mol. The van der Waals surface area contributed by atoms with Gasteiger partial charge in [-0.1, -0.05) is 29.0 Å². The number of hydrogen-bond donors (Lipinski definition) is 1. The van der Waals surface area contributed by atoms with E-state index in [4.69, 9.17) is 11.6 Å². The average molecular weight is 341 g/mol. The Morgan fingerprint density at radius 1 is 1.09 bits per heavy atom. The van der Waals surface area contributed by atoms with Crippen LogP contribution in [0.4, 0.5) is 5.13 Å². The number of benzene rings is 2. The van der Waals surface area contributed by atoms with Crippen molar-refractivity contribution in [3.05, 3.63) is 59.4 Å². The number of fused-ring (bicyclic) bond motifs is 2. The van der Waals surface area contributed by atoms with E-state index in [1.807, 2.05) is 12.1 Å². The molecule has 7 heteroatoms. The second kappa shape index (κ2) is 5.57. The number of nitrogens with zero attached hydrogens (tertiary/aromatic N) is 3. The molecule has 2 aromatic carbocycles. The molecule has 2 heterocycles. The summed E-state index contributed by atoms with van der Waals surface area (Å²) < 4.78 is 0.928. The normalized spacial score (nSPS) is 11.0. The van der Waals surface area contributed by atoms with Crippen molar-refractivity contribution < 1.29 is 4.79 Å². The van der Waals surface area contributed by atoms with Crippen LogP contribution in [0.25, 0.3) is 21.3 Å². The lowest BCUT2D eigenvalue weighted by Crippen LogP contribution is -2.11. The van der Waals surface area contributed by atoms with E-state index in [-0.39, 0.29) is 5.91 Å². The summed E-state index contributed by atoms with van der Waals surface area (Å²) in [4.78, 5) is 25.2. The van der Waals surface area contributed by atoms with Crippen LogP contribution in [-0.2, 0) is 0 Å². The smallest absolute Gasteiger partial charge is 0.257 e. The third kappa shape index (κ3) is 2.62. The molecule has 0 fully saturated rings. The molecular formula is C16H9ClN4OS. The number of nitrogens with one attached hydrogen (secondary N) is 1. The number of para-hydroxylation sites is 1. The first-order valence-electron chi connectivity index (χ1n) is 6.78. The number of hydrogen-bond acceptors (Lipinski definition) is 5. The topological polar surface area (TPSA) is 67.8 Å². The van der Waals surface area contributed by atoms with Crippen molar-refractivity contribution in [3.63, 3.8) is 0 Å². The third-order valence-corrected chi connectivity index (χ3v) is 4.56. The predicted octanol–water partition coefficient (Wildman–Crippen LogP) is 4.15. The van der Waals surface area contributed by atoms with Crippen LogP contribution >= 0.6 is 22.9 Å². The highest BCUT2D eigenvalue weighted by Crippen LogP contribution is 2.30. The van der Waals surface area contributed by atoms with Crippen molar-refractivity contribution in [2.24, 2.45) is 0 Å². The Hall–Kier alpha value is -2.57. The molecule has 0 saturated carbocycles. The van der Waals surface area contributed by atoms with Crippen molar-refractivity contribution >= 4 is 55.2 Å². The molecule has 0 spiro atoms. The molecule has 112 valence electrons. The highest BCUT2D eigenvalue weighted by molar-refractivity contribution is 7.22. The van der Waals surface area contributed by atoms with Gasteiger partial charge in [0.1, 0.15) is 5.52 Å². The van der Waals surface area contributed by atoms with Crippen LogP contribution in [0, 0.1) is 0 Å². The van der Waals surface area contributed by atoms with Crippen LogP contribution in [0.3, 0.4) is 0 Å². The molecule has 0 unspecified atom stereocenters. The predicted molar refractivity (Wildman–Crippen MR) is 92.1 cm³/mol. The highest BCUT2D eigenvalue weighted by Gasteiger charge is 2.12. The van der Waals surface area contributed by atoms with Gasteiger partial charge in [-0.25, -0.2) is 4.98 Å². The van der Waals surface area contributed by atoms with Gasteiger partial charge < -0.3 is 0 Å². The number of rotatable bonds is 2. The Kier molecular flexibility index (Phi) is 3.40. The third-order valence-electron chi connectivity index (χ3n) is 3.32. The van der Waals surface area contributed by atoms with Crippen LogP contribution in [0.5, 0.6) is 0 Å². The van der Waals surface area contributed by atoms with Gasteiger partial charge in [0.25, 0.3) is 5.91 Å². The number of halogens is 1. The minimum atomic E-state index is -0.243. The molecule has 1 amide bonds. The molecule has 0 atom stereocenters. The van der Waals surface area contributed by atoms with Crippen LogP contribution < -0.4 is 5.32 Å². The van der Waals surface area contributed by atoms with E-state index in [2.05, 4.69) is 20.3 Å². The molecule has 4 rings (SSSR count). The Morgan fingerprint density at radius 3 is 2.74 bits per heavy atom. The summed E-state index contributed by atoms with van der Waals surface area (Å²) in [5.74, 6) is -0.243. The Labute approximate surface area is 140 Å². The van der Waals surface area contributed by atoms with Gasteiger partial charge in [0, 0.05) is 18.0 Å². The van der Waals surface area contributed by atoms with Crippen molar-refractivity contribution in [3.8, 4) is 0 Å². The van der Waals surface area contributed by atoms with E-state index in [9.17, 15) is 4.79 Å². The summed E-state index contributed by atoms with van der Waals surface area (Å²) in [7, 11) is 0. The zero-order chi connectivity index (χ0) is 15.8. The van der Waals surface area contributed by atoms with Gasteiger partial charge in [-0.05, 0) is 30.3 Å². The SMILES string of the molecule is O=C(Nc1nc2c(Cl)cccc2s1)c1ccc2nccnc2c1. The fraction of sp³-hybridized carbons (Fsp3) is 0. The van der Waals surface area contributed by atoms with Crippen molar-refractivity contribution in [1.29, 1.82) is 0 Å². The second-order valence-electron chi connectivity index (χ2n) is 4.82. The molecule has 1 N–H and O–H groups in total. The Morgan fingerprint density at radius 2 is 1.91 bits per heavy atom. The number of carbonyl (C=O) groups excluding carboxylic acids is 1. The molecule has 0 aliphatic carbocycles. The number of anilines is 1. The van der Waals surface area contributed by atoms with Gasteiger partial charge >= 0.3 is 0 Å². The van der Waals surface area contributed by atoms with Gasteiger partial charge in [-0.15, -0.1) is 0 Å². The minimum Gasteiger partial charge on any atom is -0.298 e. The summed E-state index contributed by atoms with van der Waals surface area (Å²) >= 11 is 7.49. The lowest BCUT2D eigenvalue weighted by Gasteiger charge is -2.02. The first-order chi connectivity index (χ1) is 11.2. The first kappa shape index (κ1) is 14.0. The number of carbonyl (C=O) groups is 1. The van der Waals surface area contributed by atoms with Gasteiger partial charge in [0.2, 0.25) is 0 Å². The number of thiazole rings is 1. The van der Waals surface area contributed by atoms with E-state index < -0.39 is 0 Å². The van der Waals surface area contributed by atoms with Gasteiger partial charge in [-0.2, -0.15) is 0 Å². The van der Waals surface area contributed by atoms with Gasteiger partial charge in [0.05, 0.1) is 20.8 Å². The molecule has 23 heavy (non-hydrogen) atoms. The maximum atomic E-state index is 12.4. The maximum Gasteiger partial charge on any atom is 0.257 e. The molecule has 5 nitrogen and oxygen atoms in total. The molecule has 2 aromatic heterocycles. The van der Waals surface area contributed by atoms with Crippen molar-refractivity contribution in [2.45, 2.75) is 0 Å². The van der Waals surface area contributed by atoms with Crippen molar-refractivity contribution in [2.75, 3.05) is 5.32 Å². The largest absolute Gasteiger partial charge is 0.298 e. The summed E-state index contributed by atoms with van der Waals surface area (Å²) in [5, 5.41) is 3.88. The second-order valence-corrected chi connectivity index (χ2v) is 6.26. The number of amides is 1. The lowest BCUT2D eigenvalue weighted by molar-refractivity contribution is 0.102. The molecule has 0 saturated heterocycles. The monoisotopic (exact) mass is 340 g/mol. The first-order valence-corrected chi connectivity index (χ1v) is 7.97. The van der Waals surface area contributed by atoms with E-state index in [0.29, 0.717) is 26.8 Å². The van der Waals surface area contributed by atoms with E-state index in [1.165, 1.54) is 11.3 Å². The zero-order valence-corrected chi connectivity index (χ0v) is 13.2. The maximum absolute atomic E-state index is 12.4. The Balaban J connectivity index is 1.66.